The van der Waals surface area contributed by atoms with E-state index < -0.39 is 5.97 Å². The molecule has 1 aliphatic heterocycles. The van der Waals surface area contributed by atoms with Crippen molar-refractivity contribution >= 4 is 34.2 Å². The lowest BCUT2D eigenvalue weighted by atomic mass is 9.97. The van der Waals surface area contributed by atoms with Crippen LogP contribution in [0.25, 0.3) is 21.5 Å². The first kappa shape index (κ1) is 26.7. The van der Waals surface area contributed by atoms with Crippen molar-refractivity contribution in [2.24, 2.45) is 0 Å². The number of pyridine rings is 1. The van der Waals surface area contributed by atoms with Gasteiger partial charge in [0, 0.05) is 23.5 Å². The summed E-state index contributed by atoms with van der Waals surface area (Å²) in [6.45, 7) is 3.28. The van der Waals surface area contributed by atoms with Gasteiger partial charge in [0.25, 0.3) is 11.5 Å². The predicted molar refractivity (Wildman–Crippen MR) is 152 cm³/mol. The molecule has 210 valence electrons. The zero-order chi connectivity index (χ0) is 28.5. The third-order valence-electron chi connectivity index (χ3n) is 7.10. The Bertz CT molecular complexity index is 1800. The lowest BCUT2D eigenvalue weighted by Gasteiger charge is -2.14. The third-order valence-corrected chi connectivity index (χ3v) is 8.20. The fourth-order valence-electron chi connectivity index (χ4n) is 5.21. The number of nitrogens with one attached hydrogen (secondary N) is 1. The van der Waals surface area contributed by atoms with Crippen molar-refractivity contribution < 1.29 is 23.1 Å². The number of furan rings is 1. The summed E-state index contributed by atoms with van der Waals surface area (Å²) in [4.78, 5) is 46.0. The smallest absolute Gasteiger partial charge is 0.340 e. The first-order chi connectivity index (χ1) is 19.9. The van der Waals surface area contributed by atoms with E-state index in [0.717, 1.165) is 12.0 Å². The molecule has 0 radical (unpaired) electrons. The van der Waals surface area contributed by atoms with Crippen LogP contribution in [0.3, 0.4) is 0 Å². The topological polar surface area (TPSA) is 108 Å². The number of ether oxygens (including phenoxy) is 1. The molecule has 1 aromatic carbocycles. The summed E-state index contributed by atoms with van der Waals surface area (Å²) in [6.07, 6.45) is 3.22. The average Bonchev–Trinajstić information content (AvgIpc) is 3.78. The number of benzene rings is 1. The van der Waals surface area contributed by atoms with E-state index >= 15 is 0 Å². The van der Waals surface area contributed by atoms with E-state index in [2.05, 4.69) is 5.32 Å². The number of thiophene rings is 1. The zero-order valence-corrected chi connectivity index (χ0v) is 23.1. The molecule has 41 heavy (non-hydrogen) atoms. The van der Waals surface area contributed by atoms with Crippen LogP contribution in [-0.2, 0) is 37.2 Å². The highest BCUT2D eigenvalue weighted by atomic mass is 32.1. The summed E-state index contributed by atoms with van der Waals surface area (Å²) in [7, 11) is 0. The molecule has 0 unspecified atom stereocenters. The summed E-state index contributed by atoms with van der Waals surface area (Å²) < 4.78 is 27.8. The number of amides is 1. The number of nitrogens with zero attached hydrogens (tertiary/aromatic N) is 3. The van der Waals surface area contributed by atoms with E-state index in [1.54, 1.807) is 48.0 Å². The van der Waals surface area contributed by atoms with Gasteiger partial charge >= 0.3 is 5.97 Å². The Morgan fingerprint density at radius 3 is 2.66 bits per heavy atom. The van der Waals surface area contributed by atoms with Crippen LogP contribution >= 0.6 is 11.3 Å². The van der Waals surface area contributed by atoms with Crippen molar-refractivity contribution in [3.63, 3.8) is 0 Å². The molecule has 0 saturated heterocycles. The van der Waals surface area contributed by atoms with Gasteiger partial charge in [0.2, 0.25) is 0 Å². The Morgan fingerprint density at radius 2 is 1.90 bits per heavy atom. The fourth-order valence-corrected chi connectivity index (χ4v) is 6.19. The number of aryl methyl sites for hydroxylation is 3. The highest BCUT2D eigenvalue weighted by molar-refractivity contribution is 7.17. The van der Waals surface area contributed by atoms with Crippen molar-refractivity contribution in [2.75, 3.05) is 6.61 Å². The molecule has 1 amide bonds. The van der Waals surface area contributed by atoms with Crippen LogP contribution in [0.1, 0.15) is 50.4 Å². The molecule has 0 fully saturated rings. The second-order valence-corrected chi connectivity index (χ2v) is 10.8. The Labute approximate surface area is 238 Å². The van der Waals surface area contributed by atoms with Crippen molar-refractivity contribution in [1.29, 1.82) is 0 Å². The summed E-state index contributed by atoms with van der Waals surface area (Å²) in [5.74, 6) is -0.585. The number of carbonyl (C=O) groups is 2. The minimum Gasteiger partial charge on any atom is -0.467 e. The number of esters is 1. The molecule has 6 rings (SSSR count). The molecule has 0 atom stereocenters. The number of halogens is 1. The molecule has 1 N–H and O–H groups in total. The van der Waals surface area contributed by atoms with Crippen molar-refractivity contribution in [1.82, 2.24) is 19.7 Å². The minimum absolute atomic E-state index is 0.143. The van der Waals surface area contributed by atoms with E-state index in [1.165, 1.54) is 29.7 Å². The molecule has 0 aliphatic carbocycles. The number of hydrogen-bond donors (Lipinski definition) is 1. The fraction of sp³-hybridized carbons (Fsp3) is 0.267. The first-order valence-electron chi connectivity index (χ1n) is 13.4. The summed E-state index contributed by atoms with van der Waals surface area (Å²) in [5, 5.41) is 3.17. The van der Waals surface area contributed by atoms with Crippen LogP contribution in [0.2, 0.25) is 0 Å². The number of rotatable bonds is 9. The van der Waals surface area contributed by atoms with Gasteiger partial charge in [0.1, 0.15) is 11.6 Å². The molecule has 5 aromatic rings. The van der Waals surface area contributed by atoms with Crippen molar-refractivity contribution in [3.05, 3.63) is 98.4 Å². The van der Waals surface area contributed by atoms with E-state index in [1.807, 2.05) is 4.68 Å². The van der Waals surface area contributed by atoms with Gasteiger partial charge in [-0.2, -0.15) is 0 Å². The van der Waals surface area contributed by atoms with E-state index in [4.69, 9.17) is 14.1 Å². The number of fused-ring (bicyclic) bond motifs is 3. The Balaban J connectivity index is 1.47. The Kier molecular flexibility index (Phi) is 7.27. The summed E-state index contributed by atoms with van der Waals surface area (Å²) in [5.41, 5.74) is 2.29. The van der Waals surface area contributed by atoms with Crippen molar-refractivity contribution in [3.8, 4) is 10.4 Å². The third kappa shape index (κ3) is 5.08. The van der Waals surface area contributed by atoms with Crippen molar-refractivity contribution in [2.45, 2.75) is 45.8 Å². The van der Waals surface area contributed by atoms with Gasteiger partial charge < -0.3 is 14.5 Å². The first-order valence-corrected chi connectivity index (χ1v) is 14.2. The second kappa shape index (κ2) is 11.2. The SMILES string of the molecule is CCOC(=O)c1c(CCc2ccc(F)cc2)nc2c(c1-c1ccc(C(=O)NCc3ccco3)s1)c(=O)n1n2CCC1. The van der Waals surface area contributed by atoms with E-state index in [-0.39, 0.29) is 36.0 Å². The van der Waals surface area contributed by atoms with Crippen LogP contribution in [0.4, 0.5) is 4.39 Å². The minimum atomic E-state index is -0.584. The highest BCUT2D eigenvalue weighted by Crippen LogP contribution is 2.38. The molecule has 1 aliphatic rings. The maximum atomic E-state index is 13.7. The predicted octanol–water partition coefficient (Wildman–Crippen LogP) is 4.95. The van der Waals surface area contributed by atoms with E-state index in [9.17, 15) is 18.8 Å². The normalized spacial score (nSPS) is 12.5. The quantitative estimate of drug-likeness (QED) is 0.250. The van der Waals surface area contributed by atoms with Gasteiger partial charge in [0.05, 0.1) is 40.9 Å². The van der Waals surface area contributed by atoms with Gasteiger partial charge in [-0.3, -0.25) is 14.3 Å². The average molecular weight is 575 g/mol. The van der Waals surface area contributed by atoms with Gasteiger partial charge in [0.15, 0.2) is 5.65 Å². The standard InChI is InChI=1S/C30H27FN4O5S/c1-2-39-30(38)24-21(11-8-18-6-9-19(31)10-7-18)33-27-26(29(37)35-15-4-14-34(27)35)25(24)22-12-13-23(41-22)28(36)32-17-20-5-3-16-40-20/h3,5-7,9-10,12-13,16H,2,4,8,11,14-15,17H2,1H3,(H,32,36). The number of aromatic nitrogens is 3. The lowest BCUT2D eigenvalue weighted by Crippen LogP contribution is -2.21. The van der Waals surface area contributed by atoms with Gasteiger partial charge in [-0.15, -0.1) is 11.3 Å². The highest BCUT2D eigenvalue weighted by Gasteiger charge is 2.30. The largest absolute Gasteiger partial charge is 0.467 e. The van der Waals surface area contributed by atoms with E-state index in [0.29, 0.717) is 63.7 Å². The molecule has 9 nitrogen and oxygen atoms in total. The number of hydrogen-bond acceptors (Lipinski definition) is 7. The molecule has 0 spiro atoms. The van der Waals surface area contributed by atoms with Crippen LogP contribution in [-0.4, -0.2) is 32.8 Å². The van der Waals surface area contributed by atoms with Crippen LogP contribution in [0.5, 0.6) is 0 Å². The maximum absolute atomic E-state index is 13.7. The molecule has 4 aromatic heterocycles. The molecule has 0 bridgehead atoms. The molecule has 5 heterocycles. The van der Waals surface area contributed by atoms with Gasteiger partial charge in [-0.05, 0) is 68.1 Å². The summed E-state index contributed by atoms with van der Waals surface area (Å²) >= 11 is 1.19. The lowest BCUT2D eigenvalue weighted by molar-refractivity contribution is 0.0525. The Hall–Kier alpha value is -4.51. The van der Waals surface area contributed by atoms with Crippen LogP contribution < -0.4 is 10.9 Å². The maximum Gasteiger partial charge on any atom is 0.340 e. The monoisotopic (exact) mass is 574 g/mol. The van der Waals surface area contributed by atoms with Gasteiger partial charge in [-0.25, -0.2) is 18.9 Å². The molecular weight excluding hydrogens is 547 g/mol. The molecular formula is C30H27FN4O5S. The van der Waals surface area contributed by atoms with Crippen LogP contribution in [0, 0.1) is 5.82 Å². The number of carbonyl (C=O) groups excluding carboxylic acids is 2. The molecule has 0 saturated carbocycles. The van der Waals surface area contributed by atoms with Crippen LogP contribution in [0.15, 0.2) is 64.0 Å². The summed E-state index contributed by atoms with van der Waals surface area (Å²) in [6, 6.07) is 13.1. The zero-order valence-electron chi connectivity index (χ0n) is 22.3. The van der Waals surface area contributed by atoms with Gasteiger partial charge in [-0.1, -0.05) is 12.1 Å². The Morgan fingerprint density at radius 1 is 1.10 bits per heavy atom. The molecule has 11 heteroatoms. The second-order valence-electron chi connectivity index (χ2n) is 9.68.